The number of ether oxygens (including phenoxy) is 1. The van der Waals surface area contributed by atoms with Crippen LogP contribution < -0.4 is 5.69 Å². The van der Waals surface area contributed by atoms with E-state index in [1.165, 1.54) is 18.0 Å². The molecule has 0 bridgehead atoms. The fourth-order valence-corrected chi connectivity index (χ4v) is 3.15. The first kappa shape index (κ1) is 16.2. The molecule has 0 aliphatic carbocycles. The molecule has 1 aliphatic heterocycles. The van der Waals surface area contributed by atoms with Gasteiger partial charge in [0.15, 0.2) is 6.23 Å². The first-order valence-corrected chi connectivity index (χ1v) is 7.86. The standard InChI is InChI=1S/C15H16N2O5S/c18-8-10-12(19)13(20)14(22-10)17-7-6-11(16-15(17)21)23-9-4-2-1-3-5-9/h1-7,10,12-14,18-20H,8H2. The van der Waals surface area contributed by atoms with E-state index in [0.29, 0.717) is 5.03 Å². The molecule has 4 unspecified atom stereocenters. The Hall–Kier alpha value is -1.71. The van der Waals surface area contributed by atoms with Crippen LogP contribution in [0.1, 0.15) is 6.23 Å². The van der Waals surface area contributed by atoms with Gasteiger partial charge in [0.2, 0.25) is 0 Å². The van der Waals surface area contributed by atoms with E-state index < -0.39 is 36.8 Å². The van der Waals surface area contributed by atoms with Crippen molar-refractivity contribution in [3.8, 4) is 0 Å². The van der Waals surface area contributed by atoms with Crippen molar-refractivity contribution in [2.75, 3.05) is 6.61 Å². The van der Waals surface area contributed by atoms with Gasteiger partial charge < -0.3 is 20.1 Å². The van der Waals surface area contributed by atoms with E-state index >= 15 is 0 Å². The normalized spacial score (nSPS) is 27.3. The third kappa shape index (κ3) is 3.31. The molecule has 1 aromatic carbocycles. The summed E-state index contributed by atoms with van der Waals surface area (Å²) in [5, 5.41) is 29.3. The number of hydrogen-bond donors (Lipinski definition) is 3. The van der Waals surface area contributed by atoms with Gasteiger partial charge >= 0.3 is 5.69 Å². The van der Waals surface area contributed by atoms with E-state index in [1.807, 2.05) is 30.3 Å². The Balaban J connectivity index is 1.82. The minimum absolute atomic E-state index is 0.446. The molecular formula is C15H16N2O5S. The second kappa shape index (κ2) is 6.81. The summed E-state index contributed by atoms with van der Waals surface area (Å²) in [5.74, 6) is 0. The molecule has 1 aromatic heterocycles. The van der Waals surface area contributed by atoms with Gasteiger partial charge in [0.1, 0.15) is 23.3 Å². The van der Waals surface area contributed by atoms with Crippen LogP contribution in [0.5, 0.6) is 0 Å². The predicted molar refractivity (Wildman–Crippen MR) is 82.1 cm³/mol. The number of aromatic nitrogens is 2. The third-order valence-electron chi connectivity index (χ3n) is 3.56. The molecular weight excluding hydrogens is 320 g/mol. The molecule has 0 amide bonds. The van der Waals surface area contributed by atoms with Crippen LogP contribution in [0.3, 0.4) is 0 Å². The lowest BCUT2D eigenvalue weighted by molar-refractivity contribution is -0.0551. The van der Waals surface area contributed by atoms with Gasteiger partial charge in [-0.2, -0.15) is 4.98 Å². The molecule has 2 aromatic rings. The predicted octanol–water partition coefficient (Wildman–Crippen LogP) is 0.00600. The van der Waals surface area contributed by atoms with Gasteiger partial charge in [-0.15, -0.1) is 0 Å². The first-order valence-electron chi connectivity index (χ1n) is 7.04. The minimum Gasteiger partial charge on any atom is -0.394 e. The highest BCUT2D eigenvalue weighted by atomic mass is 32.2. The molecule has 2 heterocycles. The van der Waals surface area contributed by atoms with Crippen molar-refractivity contribution in [3.63, 3.8) is 0 Å². The summed E-state index contributed by atoms with van der Waals surface area (Å²) in [4.78, 5) is 17.1. The van der Waals surface area contributed by atoms with Crippen LogP contribution in [0, 0.1) is 0 Å². The molecule has 23 heavy (non-hydrogen) atoms. The summed E-state index contributed by atoms with van der Waals surface area (Å²) in [5.41, 5.74) is -0.597. The van der Waals surface area contributed by atoms with Crippen LogP contribution in [0.4, 0.5) is 0 Å². The lowest BCUT2D eigenvalue weighted by Gasteiger charge is -2.17. The summed E-state index contributed by atoms with van der Waals surface area (Å²) in [7, 11) is 0. The van der Waals surface area contributed by atoms with Gasteiger partial charge in [-0.25, -0.2) is 4.79 Å². The van der Waals surface area contributed by atoms with Gasteiger partial charge in [0, 0.05) is 11.1 Å². The maximum atomic E-state index is 12.2. The Kier molecular flexibility index (Phi) is 4.79. The number of benzene rings is 1. The largest absolute Gasteiger partial charge is 0.394 e. The number of rotatable bonds is 4. The van der Waals surface area contributed by atoms with E-state index in [4.69, 9.17) is 9.84 Å². The summed E-state index contributed by atoms with van der Waals surface area (Å²) < 4.78 is 6.44. The minimum atomic E-state index is -1.31. The highest BCUT2D eigenvalue weighted by Crippen LogP contribution is 2.29. The molecule has 1 fully saturated rings. The Morgan fingerprint density at radius 2 is 1.91 bits per heavy atom. The molecule has 0 spiro atoms. The van der Waals surface area contributed by atoms with Crippen molar-refractivity contribution < 1.29 is 20.1 Å². The molecule has 1 saturated heterocycles. The van der Waals surface area contributed by atoms with E-state index in [2.05, 4.69) is 4.98 Å². The van der Waals surface area contributed by atoms with Crippen molar-refractivity contribution >= 4 is 11.8 Å². The molecule has 3 N–H and O–H groups in total. The Bertz CT molecular complexity index is 723. The molecule has 8 heteroatoms. The zero-order valence-corrected chi connectivity index (χ0v) is 12.8. The summed E-state index contributed by atoms with van der Waals surface area (Å²) >= 11 is 1.34. The van der Waals surface area contributed by atoms with Crippen molar-refractivity contribution in [1.29, 1.82) is 0 Å². The SMILES string of the molecule is O=c1nc(Sc2ccccc2)ccn1C1OC(CO)C(O)C1O. The Morgan fingerprint density at radius 1 is 1.17 bits per heavy atom. The van der Waals surface area contributed by atoms with Crippen LogP contribution >= 0.6 is 11.8 Å². The molecule has 7 nitrogen and oxygen atoms in total. The summed E-state index contributed by atoms with van der Waals surface area (Å²) in [6, 6.07) is 11.1. The summed E-state index contributed by atoms with van der Waals surface area (Å²) in [6.07, 6.45) is -3.10. The van der Waals surface area contributed by atoms with Crippen LogP contribution in [-0.4, -0.2) is 49.8 Å². The van der Waals surface area contributed by atoms with E-state index in [9.17, 15) is 15.0 Å². The monoisotopic (exact) mass is 336 g/mol. The maximum absolute atomic E-state index is 12.2. The van der Waals surface area contributed by atoms with Gasteiger partial charge in [-0.3, -0.25) is 4.57 Å². The van der Waals surface area contributed by atoms with E-state index in [0.717, 1.165) is 9.46 Å². The van der Waals surface area contributed by atoms with Crippen molar-refractivity contribution in [3.05, 3.63) is 53.1 Å². The second-order valence-corrected chi connectivity index (χ2v) is 6.19. The lowest BCUT2D eigenvalue weighted by atomic mass is 10.1. The lowest BCUT2D eigenvalue weighted by Crippen LogP contribution is -2.36. The molecule has 4 atom stereocenters. The maximum Gasteiger partial charge on any atom is 0.350 e. The van der Waals surface area contributed by atoms with Crippen LogP contribution in [0.2, 0.25) is 0 Å². The van der Waals surface area contributed by atoms with E-state index in [-0.39, 0.29) is 0 Å². The van der Waals surface area contributed by atoms with Gasteiger partial charge in [-0.1, -0.05) is 30.0 Å². The molecule has 1 aliphatic rings. The van der Waals surface area contributed by atoms with Crippen LogP contribution in [-0.2, 0) is 4.74 Å². The topological polar surface area (TPSA) is 105 Å². The fraction of sp³-hybridized carbons (Fsp3) is 0.333. The van der Waals surface area contributed by atoms with Crippen molar-refractivity contribution in [2.24, 2.45) is 0 Å². The highest BCUT2D eigenvalue weighted by Gasteiger charge is 2.43. The van der Waals surface area contributed by atoms with Crippen LogP contribution in [0.25, 0.3) is 0 Å². The van der Waals surface area contributed by atoms with Gasteiger partial charge in [-0.05, 0) is 18.2 Å². The second-order valence-electron chi connectivity index (χ2n) is 5.10. The van der Waals surface area contributed by atoms with Gasteiger partial charge in [0.05, 0.1) is 6.61 Å². The Morgan fingerprint density at radius 3 is 2.52 bits per heavy atom. The summed E-state index contributed by atoms with van der Waals surface area (Å²) in [6.45, 7) is -0.446. The average molecular weight is 336 g/mol. The number of aliphatic hydroxyl groups is 3. The third-order valence-corrected chi connectivity index (χ3v) is 4.51. The van der Waals surface area contributed by atoms with Gasteiger partial charge in [0.25, 0.3) is 0 Å². The highest BCUT2D eigenvalue weighted by molar-refractivity contribution is 7.99. The average Bonchev–Trinajstić information content (AvgIpc) is 2.84. The van der Waals surface area contributed by atoms with Crippen molar-refractivity contribution in [1.82, 2.24) is 9.55 Å². The zero-order valence-electron chi connectivity index (χ0n) is 12.0. The molecule has 0 saturated carbocycles. The fourth-order valence-electron chi connectivity index (χ4n) is 2.37. The quantitative estimate of drug-likeness (QED) is 0.675. The molecule has 3 rings (SSSR count). The zero-order chi connectivity index (χ0) is 16.4. The number of aliphatic hydroxyl groups excluding tert-OH is 3. The molecule has 0 radical (unpaired) electrons. The number of nitrogens with zero attached hydrogens (tertiary/aromatic N) is 2. The first-order chi connectivity index (χ1) is 11.1. The number of hydrogen-bond acceptors (Lipinski definition) is 7. The molecule has 122 valence electrons. The Labute approximate surface area is 136 Å². The van der Waals surface area contributed by atoms with Crippen molar-refractivity contribution in [2.45, 2.75) is 34.5 Å². The van der Waals surface area contributed by atoms with Crippen LogP contribution in [0.15, 0.2) is 57.3 Å². The smallest absolute Gasteiger partial charge is 0.350 e. The van der Waals surface area contributed by atoms with E-state index in [1.54, 1.807) is 6.07 Å².